The van der Waals surface area contributed by atoms with Crippen molar-refractivity contribution in [1.82, 2.24) is 15.5 Å². The number of phenolic OH excluding ortho intramolecular Hbond substituents is 1. The van der Waals surface area contributed by atoms with E-state index in [4.69, 9.17) is 59.9 Å². The minimum Gasteiger partial charge on any atom is -0.508 e. The number of methoxy groups -OCH3 is 1. The number of β-lactam (4-membered cyclic amide) rings is 1. The quantitative estimate of drug-likeness (QED) is 0.133. The van der Waals surface area contributed by atoms with Gasteiger partial charge in [-0.25, -0.2) is 14.4 Å². The number of carboxylic acids is 2. The number of carboxylic acid groups (broad SMARTS) is 2. The Morgan fingerprint density at radius 3 is 2.16 bits per heavy atom. The predicted octanol–water partition coefficient (Wildman–Crippen LogP) is 1.36. The van der Waals surface area contributed by atoms with Gasteiger partial charge in [-0.1, -0.05) is 46.9 Å². The van der Waals surface area contributed by atoms with Gasteiger partial charge in [0.15, 0.2) is 0 Å². The van der Waals surface area contributed by atoms with Crippen LogP contribution < -0.4 is 16.4 Å². The molecule has 44 heavy (non-hydrogen) atoms. The van der Waals surface area contributed by atoms with Crippen LogP contribution in [0.4, 0.5) is 18.0 Å². The van der Waals surface area contributed by atoms with Crippen LogP contribution in [0, 0.1) is 0 Å². The number of hydrogen-bond donors (Lipinski definition) is 6. The number of alkyl carbamates (subject to hydrolysis) is 1. The van der Waals surface area contributed by atoms with Crippen LogP contribution in [0.3, 0.4) is 0 Å². The molecular weight excluding hydrogens is 692 g/mol. The van der Waals surface area contributed by atoms with Crippen molar-refractivity contribution >= 4 is 82.3 Å². The minimum atomic E-state index is -5.08. The standard InChI is InChI=1S/C20H19Cl3N4O9S.C2HF3O2/c1-35-19(26-13(29)11(24)8-2-4-10(28)5-3-8)16(33)27-12(14(30)31)9(7-37-17(19)27)6-36-18(34)25-15(32)20(21,22)23;3-2(4,5)1(6)7/h2-5,11,17,28H,6-7,24H2,1H3,(H,26,29)(H,30,31)(H,25,32,34);(H,6,7)/t11?,17-,19+;/m1./s1. The molecule has 1 fully saturated rings. The molecule has 1 aromatic rings. The van der Waals surface area contributed by atoms with E-state index >= 15 is 0 Å². The molecule has 22 heteroatoms. The van der Waals surface area contributed by atoms with Crippen LogP contribution in [0.5, 0.6) is 5.75 Å². The van der Waals surface area contributed by atoms with Gasteiger partial charge in [-0.3, -0.25) is 24.6 Å². The zero-order chi connectivity index (χ0) is 33.8. The first-order valence-corrected chi connectivity index (χ1v) is 13.5. The number of amides is 4. The van der Waals surface area contributed by atoms with Crippen LogP contribution in [0.25, 0.3) is 0 Å². The van der Waals surface area contributed by atoms with Gasteiger partial charge >= 0.3 is 24.2 Å². The number of imide groups is 1. The molecule has 3 atom stereocenters. The summed E-state index contributed by atoms with van der Waals surface area (Å²) in [5, 5.41) is 29.4. The average Bonchev–Trinajstić information content (AvgIpc) is 2.93. The van der Waals surface area contributed by atoms with E-state index in [-0.39, 0.29) is 17.1 Å². The number of phenols is 1. The molecule has 2 aliphatic heterocycles. The lowest BCUT2D eigenvalue weighted by Gasteiger charge is -2.55. The first-order chi connectivity index (χ1) is 20.2. The van der Waals surface area contributed by atoms with Crippen LogP contribution >= 0.6 is 46.6 Å². The highest BCUT2D eigenvalue weighted by Crippen LogP contribution is 2.46. The van der Waals surface area contributed by atoms with Gasteiger partial charge < -0.3 is 35.8 Å². The highest BCUT2D eigenvalue weighted by Gasteiger charge is 2.67. The monoisotopic (exact) mass is 710 g/mol. The van der Waals surface area contributed by atoms with Crippen molar-refractivity contribution in [3.63, 3.8) is 0 Å². The molecule has 1 unspecified atom stereocenters. The summed E-state index contributed by atoms with van der Waals surface area (Å²) in [5.74, 6) is -7.31. The van der Waals surface area contributed by atoms with E-state index in [1.807, 2.05) is 0 Å². The number of carbonyl (C=O) groups is 6. The second-order valence-electron chi connectivity index (χ2n) is 8.42. The number of rotatable bonds is 7. The third-order valence-electron chi connectivity index (χ3n) is 5.57. The van der Waals surface area contributed by atoms with E-state index in [9.17, 15) is 47.4 Å². The van der Waals surface area contributed by atoms with E-state index in [1.165, 1.54) is 24.3 Å². The number of hydrogen-bond acceptors (Lipinski definition) is 11. The smallest absolute Gasteiger partial charge is 0.490 e. The van der Waals surface area contributed by atoms with Crippen molar-refractivity contribution in [3.05, 3.63) is 41.1 Å². The maximum atomic E-state index is 13.1. The van der Waals surface area contributed by atoms with Crippen molar-refractivity contribution in [3.8, 4) is 5.75 Å². The molecule has 0 spiro atoms. The first-order valence-electron chi connectivity index (χ1n) is 11.3. The highest BCUT2D eigenvalue weighted by molar-refractivity contribution is 8.00. The summed E-state index contributed by atoms with van der Waals surface area (Å²) >= 11 is 17.1. The second-order valence-corrected chi connectivity index (χ2v) is 11.8. The number of nitrogens with two attached hydrogens (primary N) is 1. The molecule has 15 nitrogen and oxygen atoms in total. The Labute approximate surface area is 263 Å². The number of nitrogens with one attached hydrogen (secondary N) is 2. The summed E-state index contributed by atoms with van der Waals surface area (Å²) in [5.41, 5.74) is 3.95. The lowest BCUT2D eigenvalue weighted by Crippen LogP contribution is -2.81. The molecule has 0 aliphatic carbocycles. The zero-order valence-corrected chi connectivity index (χ0v) is 24.8. The summed E-state index contributed by atoms with van der Waals surface area (Å²) in [6, 6.07) is 4.30. The van der Waals surface area contributed by atoms with Crippen molar-refractivity contribution in [2.24, 2.45) is 5.73 Å². The molecule has 7 N–H and O–H groups in total. The van der Waals surface area contributed by atoms with E-state index in [0.717, 1.165) is 23.8 Å². The molecule has 4 amide bonds. The fraction of sp³-hybridized carbons (Fsp3) is 0.364. The fourth-order valence-electron chi connectivity index (χ4n) is 3.50. The number of nitrogens with zero attached hydrogens (tertiary/aromatic N) is 1. The van der Waals surface area contributed by atoms with Crippen molar-refractivity contribution in [2.45, 2.75) is 27.1 Å². The molecule has 1 saturated heterocycles. The molecule has 1 aromatic carbocycles. The van der Waals surface area contributed by atoms with Crippen LogP contribution in [0.15, 0.2) is 35.5 Å². The van der Waals surface area contributed by atoms with Gasteiger partial charge in [-0.2, -0.15) is 13.2 Å². The number of aliphatic carboxylic acids is 2. The number of carbonyl (C=O) groups excluding carboxylic acids is 4. The Morgan fingerprint density at radius 2 is 1.70 bits per heavy atom. The summed E-state index contributed by atoms with van der Waals surface area (Å²) in [4.78, 5) is 71.1. The van der Waals surface area contributed by atoms with E-state index in [0.29, 0.717) is 5.56 Å². The van der Waals surface area contributed by atoms with Gasteiger partial charge in [0.05, 0.1) is 0 Å². The van der Waals surface area contributed by atoms with Crippen LogP contribution in [-0.4, -0.2) is 96.5 Å². The lowest BCUT2D eigenvalue weighted by molar-refractivity contribution is -0.192. The van der Waals surface area contributed by atoms with Gasteiger partial charge in [-0.15, -0.1) is 11.8 Å². The number of thioether (sulfide) groups is 1. The summed E-state index contributed by atoms with van der Waals surface area (Å²) in [6.07, 6.45) is -6.39. The normalized spacial score (nSPS) is 20.2. The van der Waals surface area contributed by atoms with Crippen LogP contribution in [-0.2, 0) is 33.4 Å². The predicted molar refractivity (Wildman–Crippen MR) is 144 cm³/mol. The topological polar surface area (TPSA) is 235 Å². The van der Waals surface area contributed by atoms with Gasteiger partial charge in [0, 0.05) is 18.4 Å². The van der Waals surface area contributed by atoms with Gasteiger partial charge in [0.25, 0.3) is 21.3 Å². The molecule has 0 aromatic heterocycles. The van der Waals surface area contributed by atoms with Gasteiger partial charge in [-0.05, 0) is 17.7 Å². The third kappa shape index (κ3) is 8.36. The Morgan fingerprint density at radius 1 is 1.16 bits per heavy atom. The zero-order valence-electron chi connectivity index (χ0n) is 21.7. The molecule has 242 valence electrons. The Bertz CT molecular complexity index is 1380. The molecule has 0 saturated carbocycles. The number of alkyl halides is 6. The average molecular weight is 712 g/mol. The Kier molecular flexibility index (Phi) is 11.7. The Balaban J connectivity index is 0.000000860. The lowest BCUT2D eigenvalue weighted by atomic mass is 9.97. The molecule has 2 aliphatic rings. The van der Waals surface area contributed by atoms with E-state index in [1.54, 1.807) is 5.32 Å². The second kappa shape index (κ2) is 14.1. The van der Waals surface area contributed by atoms with Crippen LogP contribution in [0.2, 0.25) is 0 Å². The fourth-order valence-corrected chi connectivity index (χ4v) is 5.06. The number of benzene rings is 1. The maximum absolute atomic E-state index is 13.1. The molecule has 2 heterocycles. The molecular formula is C22H20Cl3F3N4O11S. The summed E-state index contributed by atoms with van der Waals surface area (Å²) in [7, 11) is 1.16. The largest absolute Gasteiger partial charge is 0.508 e. The van der Waals surface area contributed by atoms with E-state index < -0.39 is 75.2 Å². The molecule has 0 radical (unpaired) electrons. The highest BCUT2D eigenvalue weighted by atomic mass is 35.6. The third-order valence-corrected chi connectivity index (χ3v) is 7.46. The number of halogens is 6. The van der Waals surface area contributed by atoms with E-state index in [2.05, 4.69) is 5.32 Å². The SMILES string of the molecule is CO[C@@]1(NC(=O)C(N)c2ccc(O)cc2)C(=O)N2C(C(=O)O)=C(COC(=O)NC(=O)C(Cl)(Cl)Cl)CS[C@@H]21.O=C(O)C(F)(F)F. The summed E-state index contributed by atoms with van der Waals surface area (Å²) < 4.78 is 39.5. The maximum Gasteiger partial charge on any atom is 0.490 e. The van der Waals surface area contributed by atoms with Crippen molar-refractivity contribution in [2.75, 3.05) is 19.5 Å². The summed E-state index contributed by atoms with van der Waals surface area (Å²) in [6.45, 7) is -0.609. The first kappa shape index (κ1) is 36.7. The number of ether oxygens (including phenoxy) is 2. The molecule has 0 bridgehead atoms. The van der Waals surface area contributed by atoms with Crippen LogP contribution in [0.1, 0.15) is 11.6 Å². The molecule has 3 rings (SSSR count). The van der Waals surface area contributed by atoms with Gasteiger partial charge in [0.2, 0.25) is 5.91 Å². The number of aromatic hydroxyl groups is 1. The minimum absolute atomic E-state index is 0.0235. The number of fused-ring (bicyclic) bond motifs is 1. The van der Waals surface area contributed by atoms with Crippen molar-refractivity contribution < 1.29 is 66.7 Å². The van der Waals surface area contributed by atoms with Gasteiger partial charge in [0.1, 0.15) is 29.5 Å². The van der Waals surface area contributed by atoms with Crippen molar-refractivity contribution in [1.29, 1.82) is 0 Å². The Hall–Kier alpha value is -3.49.